The molecule has 2 rings (SSSR count). The maximum Gasteiger partial charge on any atom is 0.297 e. The fraction of sp³-hybridized carbons (Fsp3) is 0.125. The van der Waals surface area contributed by atoms with Gasteiger partial charge in [-0.3, -0.25) is 9.40 Å². The van der Waals surface area contributed by atoms with Crippen molar-refractivity contribution in [2.45, 2.75) is 0 Å². The molecule has 0 aliphatic heterocycles. The molecule has 0 radical (unpaired) electrons. The third-order valence-corrected chi connectivity index (χ3v) is 2.86. The van der Waals surface area contributed by atoms with Gasteiger partial charge in [0.05, 0.1) is 15.9 Å². The minimum absolute atomic E-state index is 0.130. The molecule has 1 aromatic carbocycles. The summed E-state index contributed by atoms with van der Waals surface area (Å²) in [6.45, 7) is 0. The van der Waals surface area contributed by atoms with Gasteiger partial charge in [0.2, 0.25) is 0 Å². The van der Waals surface area contributed by atoms with Crippen molar-refractivity contribution in [2.24, 2.45) is 12.2 Å². The second-order valence-corrected chi connectivity index (χ2v) is 4.95. The van der Waals surface area contributed by atoms with Crippen molar-refractivity contribution in [2.75, 3.05) is 4.72 Å². The largest absolute Gasteiger partial charge is 0.297 e. The van der Waals surface area contributed by atoms with E-state index in [1.807, 2.05) is 0 Å². The number of rotatable bonds is 2. The Hall–Kier alpha value is -1.31. The second-order valence-electron chi connectivity index (χ2n) is 3.25. The van der Waals surface area contributed by atoms with E-state index < -0.39 is 10.2 Å². The maximum atomic E-state index is 10.9. The molecule has 0 fully saturated rings. The van der Waals surface area contributed by atoms with Crippen LogP contribution in [0.3, 0.4) is 0 Å². The predicted octanol–water partition coefficient (Wildman–Crippen LogP) is 0.842. The minimum atomic E-state index is -3.86. The van der Waals surface area contributed by atoms with E-state index in [1.54, 1.807) is 25.2 Å². The number of nitrogens with one attached hydrogen (secondary N) is 1. The number of anilines is 1. The van der Waals surface area contributed by atoms with E-state index in [0.29, 0.717) is 10.4 Å². The molecule has 0 aliphatic carbocycles. The zero-order valence-corrected chi connectivity index (χ0v) is 9.88. The number of hydrogen-bond donors (Lipinski definition) is 2. The summed E-state index contributed by atoms with van der Waals surface area (Å²) in [4.78, 5) is 0. The lowest BCUT2D eigenvalue weighted by atomic mass is 10.2. The smallest absolute Gasteiger partial charge is 0.266 e. The van der Waals surface area contributed by atoms with Crippen LogP contribution in [0, 0.1) is 0 Å². The third kappa shape index (κ3) is 1.97. The summed E-state index contributed by atoms with van der Waals surface area (Å²) in [5.74, 6) is 0.130. The van der Waals surface area contributed by atoms with Gasteiger partial charge in [-0.15, -0.1) is 0 Å². The third-order valence-electron chi connectivity index (χ3n) is 2.07. The lowest BCUT2D eigenvalue weighted by molar-refractivity contribution is 0.602. The average Bonchev–Trinajstić information content (AvgIpc) is 2.42. The first-order valence-corrected chi connectivity index (χ1v) is 6.22. The van der Waals surface area contributed by atoms with Gasteiger partial charge in [-0.2, -0.15) is 13.5 Å². The van der Waals surface area contributed by atoms with Gasteiger partial charge in [0.15, 0.2) is 5.82 Å². The molecule has 3 N–H and O–H groups in total. The molecule has 0 saturated carbocycles. The lowest BCUT2D eigenvalue weighted by Crippen LogP contribution is -2.22. The Kier molecular flexibility index (Phi) is 2.53. The zero-order chi connectivity index (χ0) is 11.9. The van der Waals surface area contributed by atoms with Crippen LogP contribution in [0.2, 0.25) is 5.02 Å². The van der Waals surface area contributed by atoms with Crippen LogP contribution >= 0.6 is 11.6 Å². The minimum Gasteiger partial charge on any atom is -0.266 e. The standard InChI is InChI=1S/C8H9ClN4O2S/c1-13-6-4-2-3-5(9)7(6)8(11-13)12-16(10,14)15/h2-4H,1H3,(H,11,12)(H2,10,14,15). The molecule has 0 bridgehead atoms. The highest BCUT2D eigenvalue weighted by Gasteiger charge is 2.14. The van der Waals surface area contributed by atoms with Gasteiger partial charge in [0.25, 0.3) is 10.2 Å². The molecule has 1 aromatic heterocycles. The molecular formula is C8H9ClN4O2S. The van der Waals surface area contributed by atoms with Crippen LogP contribution in [0.15, 0.2) is 18.2 Å². The van der Waals surface area contributed by atoms with E-state index in [4.69, 9.17) is 16.7 Å². The number of nitrogens with zero attached hydrogens (tertiary/aromatic N) is 2. The molecule has 1 heterocycles. The van der Waals surface area contributed by atoms with Crippen LogP contribution in [-0.4, -0.2) is 18.2 Å². The van der Waals surface area contributed by atoms with Crippen molar-refractivity contribution in [1.29, 1.82) is 0 Å². The number of benzene rings is 1. The first-order valence-electron chi connectivity index (χ1n) is 4.30. The molecule has 0 amide bonds. The van der Waals surface area contributed by atoms with Crippen molar-refractivity contribution < 1.29 is 8.42 Å². The molecule has 0 spiro atoms. The van der Waals surface area contributed by atoms with Crippen LogP contribution < -0.4 is 9.86 Å². The average molecular weight is 261 g/mol. The summed E-state index contributed by atoms with van der Waals surface area (Å²) in [5.41, 5.74) is 0.721. The Morgan fingerprint density at radius 2 is 2.19 bits per heavy atom. The zero-order valence-electron chi connectivity index (χ0n) is 8.31. The molecule has 2 aromatic rings. The van der Waals surface area contributed by atoms with Gasteiger partial charge in [0, 0.05) is 7.05 Å². The topological polar surface area (TPSA) is 90.0 Å². The molecule has 0 atom stereocenters. The molecule has 6 nitrogen and oxygen atoms in total. The number of hydrogen-bond acceptors (Lipinski definition) is 3. The van der Waals surface area contributed by atoms with Gasteiger partial charge in [-0.05, 0) is 12.1 Å². The number of fused-ring (bicyclic) bond motifs is 1. The Labute approximate surface area is 97.2 Å². The monoisotopic (exact) mass is 260 g/mol. The SMILES string of the molecule is Cn1nc(NS(N)(=O)=O)c2c(Cl)cccc21. The van der Waals surface area contributed by atoms with Gasteiger partial charge < -0.3 is 0 Å². The summed E-state index contributed by atoms with van der Waals surface area (Å²) in [6, 6.07) is 5.19. The summed E-state index contributed by atoms with van der Waals surface area (Å²) >= 11 is 5.98. The van der Waals surface area contributed by atoms with E-state index in [-0.39, 0.29) is 5.82 Å². The van der Waals surface area contributed by atoms with Crippen molar-refractivity contribution in [1.82, 2.24) is 9.78 Å². The van der Waals surface area contributed by atoms with Crippen LogP contribution in [-0.2, 0) is 17.3 Å². The number of aryl methyl sites for hydroxylation is 1. The number of nitrogens with two attached hydrogens (primary N) is 1. The van der Waals surface area contributed by atoms with Crippen molar-refractivity contribution in [3.8, 4) is 0 Å². The van der Waals surface area contributed by atoms with E-state index in [9.17, 15) is 8.42 Å². The summed E-state index contributed by atoms with van der Waals surface area (Å²) in [6.07, 6.45) is 0. The Morgan fingerprint density at radius 1 is 1.50 bits per heavy atom. The summed E-state index contributed by atoms with van der Waals surface area (Å²) < 4.78 is 25.5. The van der Waals surface area contributed by atoms with Crippen LogP contribution in [0.4, 0.5) is 5.82 Å². The molecule has 8 heteroatoms. The van der Waals surface area contributed by atoms with Crippen molar-refractivity contribution in [3.63, 3.8) is 0 Å². The molecule has 16 heavy (non-hydrogen) atoms. The van der Waals surface area contributed by atoms with E-state index in [0.717, 1.165) is 5.52 Å². The van der Waals surface area contributed by atoms with Crippen molar-refractivity contribution >= 4 is 38.5 Å². The molecular weight excluding hydrogens is 252 g/mol. The van der Waals surface area contributed by atoms with Gasteiger partial charge in [-0.1, -0.05) is 17.7 Å². The molecule has 0 unspecified atom stereocenters. The van der Waals surface area contributed by atoms with Crippen LogP contribution in [0.5, 0.6) is 0 Å². The number of halogens is 1. The molecule has 0 aliphatic rings. The van der Waals surface area contributed by atoms with E-state index >= 15 is 0 Å². The Morgan fingerprint density at radius 3 is 2.81 bits per heavy atom. The maximum absolute atomic E-state index is 10.9. The van der Waals surface area contributed by atoms with Crippen LogP contribution in [0.1, 0.15) is 0 Å². The highest BCUT2D eigenvalue weighted by atomic mass is 35.5. The fourth-order valence-electron chi connectivity index (χ4n) is 1.48. The normalized spacial score (nSPS) is 11.9. The van der Waals surface area contributed by atoms with E-state index in [1.165, 1.54) is 4.68 Å². The summed E-state index contributed by atoms with van der Waals surface area (Å²) in [7, 11) is -2.17. The second kappa shape index (κ2) is 3.62. The van der Waals surface area contributed by atoms with Crippen LogP contribution in [0.25, 0.3) is 10.9 Å². The molecule has 0 saturated heterocycles. The Bertz CT molecular complexity index is 649. The van der Waals surface area contributed by atoms with Gasteiger partial charge in [-0.25, -0.2) is 5.14 Å². The number of aromatic nitrogens is 2. The quantitative estimate of drug-likeness (QED) is 0.838. The van der Waals surface area contributed by atoms with Gasteiger partial charge in [0.1, 0.15) is 0 Å². The highest BCUT2D eigenvalue weighted by Crippen LogP contribution is 2.29. The Balaban J connectivity index is 2.71. The van der Waals surface area contributed by atoms with Gasteiger partial charge >= 0.3 is 0 Å². The fourth-order valence-corrected chi connectivity index (χ4v) is 2.15. The lowest BCUT2D eigenvalue weighted by Gasteiger charge is -1.99. The van der Waals surface area contributed by atoms with E-state index in [2.05, 4.69) is 9.82 Å². The predicted molar refractivity (Wildman–Crippen MR) is 62.5 cm³/mol. The first-order chi connectivity index (χ1) is 7.38. The van der Waals surface area contributed by atoms with Crippen molar-refractivity contribution in [3.05, 3.63) is 23.2 Å². The summed E-state index contributed by atoms with van der Waals surface area (Å²) in [5, 5.41) is 9.83. The molecule has 86 valence electrons. The highest BCUT2D eigenvalue weighted by molar-refractivity contribution is 7.90. The first kappa shape index (κ1) is 11.2.